The van der Waals surface area contributed by atoms with Gasteiger partial charge in [-0.2, -0.15) is 0 Å². The van der Waals surface area contributed by atoms with Gasteiger partial charge in [0.2, 0.25) is 5.91 Å². The number of rotatable bonds is 1. The molecule has 0 bridgehead atoms. The molecule has 13 heavy (non-hydrogen) atoms. The Kier molecular flexibility index (Phi) is 5.71. The SMILES string of the molecule is CC.CC(=O)N1CCC(N(C)C)C1. The maximum absolute atomic E-state index is 10.9. The molecule has 3 nitrogen and oxygen atoms in total. The monoisotopic (exact) mass is 186 g/mol. The van der Waals surface area contributed by atoms with Gasteiger partial charge in [0.05, 0.1) is 0 Å². The van der Waals surface area contributed by atoms with Gasteiger partial charge in [-0.1, -0.05) is 13.8 Å². The second-order valence-electron chi connectivity index (χ2n) is 3.37. The van der Waals surface area contributed by atoms with Crippen molar-refractivity contribution in [3.8, 4) is 0 Å². The van der Waals surface area contributed by atoms with E-state index in [4.69, 9.17) is 0 Å². The molecule has 1 rings (SSSR count). The number of hydrogen-bond donors (Lipinski definition) is 0. The van der Waals surface area contributed by atoms with E-state index in [0.717, 1.165) is 19.5 Å². The highest BCUT2D eigenvalue weighted by atomic mass is 16.2. The van der Waals surface area contributed by atoms with Gasteiger partial charge >= 0.3 is 0 Å². The molecule has 1 fully saturated rings. The molecule has 1 aliphatic rings. The predicted octanol–water partition coefficient (Wildman–Crippen LogP) is 1.20. The number of likely N-dealkylation sites (N-methyl/N-ethyl adjacent to an activating group) is 1. The van der Waals surface area contributed by atoms with Crippen LogP contribution in [0.5, 0.6) is 0 Å². The minimum Gasteiger partial charge on any atom is -0.341 e. The number of likely N-dealkylation sites (tertiary alicyclic amines) is 1. The molecule has 78 valence electrons. The van der Waals surface area contributed by atoms with Gasteiger partial charge in [-0.25, -0.2) is 0 Å². The molecule has 1 aliphatic heterocycles. The molecule has 1 heterocycles. The summed E-state index contributed by atoms with van der Waals surface area (Å²) in [5.41, 5.74) is 0. The van der Waals surface area contributed by atoms with E-state index in [1.54, 1.807) is 6.92 Å². The van der Waals surface area contributed by atoms with Crippen molar-refractivity contribution in [2.45, 2.75) is 33.2 Å². The fraction of sp³-hybridized carbons (Fsp3) is 0.900. The average molecular weight is 186 g/mol. The Labute approximate surface area is 81.7 Å². The normalized spacial score (nSPS) is 21.4. The smallest absolute Gasteiger partial charge is 0.219 e. The molecule has 0 aliphatic carbocycles. The summed E-state index contributed by atoms with van der Waals surface area (Å²) < 4.78 is 0. The fourth-order valence-electron chi connectivity index (χ4n) is 1.45. The van der Waals surface area contributed by atoms with Crippen LogP contribution in [0.15, 0.2) is 0 Å². The minimum atomic E-state index is 0.203. The first-order chi connectivity index (χ1) is 6.11. The maximum Gasteiger partial charge on any atom is 0.219 e. The second-order valence-corrected chi connectivity index (χ2v) is 3.37. The first kappa shape index (κ1) is 12.4. The lowest BCUT2D eigenvalue weighted by atomic mass is 10.2. The Bertz CT molecular complexity index is 157. The zero-order valence-corrected chi connectivity index (χ0v) is 9.50. The highest BCUT2D eigenvalue weighted by Crippen LogP contribution is 2.12. The number of amides is 1. The Morgan fingerprint density at radius 2 is 1.92 bits per heavy atom. The van der Waals surface area contributed by atoms with Crippen molar-refractivity contribution in [3.05, 3.63) is 0 Å². The van der Waals surface area contributed by atoms with Crippen molar-refractivity contribution in [1.82, 2.24) is 9.80 Å². The summed E-state index contributed by atoms with van der Waals surface area (Å²) in [6, 6.07) is 0.568. The Hall–Kier alpha value is -0.570. The molecule has 0 radical (unpaired) electrons. The van der Waals surface area contributed by atoms with Gasteiger partial charge < -0.3 is 9.80 Å². The predicted molar refractivity (Wildman–Crippen MR) is 55.7 cm³/mol. The second kappa shape index (κ2) is 5.97. The largest absolute Gasteiger partial charge is 0.341 e. The van der Waals surface area contributed by atoms with E-state index in [9.17, 15) is 4.79 Å². The van der Waals surface area contributed by atoms with Crippen LogP contribution >= 0.6 is 0 Å². The quantitative estimate of drug-likeness (QED) is 0.614. The van der Waals surface area contributed by atoms with E-state index >= 15 is 0 Å². The topological polar surface area (TPSA) is 23.6 Å². The van der Waals surface area contributed by atoms with Crippen LogP contribution in [-0.4, -0.2) is 48.9 Å². The van der Waals surface area contributed by atoms with Gasteiger partial charge in [0.15, 0.2) is 0 Å². The van der Waals surface area contributed by atoms with Crippen molar-refractivity contribution in [3.63, 3.8) is 0 Å². The minimum absolute atomic E-state index is 0.203. The molecule has 0 spiro atoms. The van der Waals surface area contributed by atoms with Crippen LogP contribution in [-0.2, 0) is 4.79 Å². The molecule has 0 N–H and O–H groups in total. The molecule has 0 aromatic carbocycles. The summed E-state index contributed by atoms with van der Waals surface area (Å²) in [6.45, 7) is 7.47. The lowest BCUT2D eigenvalue weighted by molar-refractivity contribution is -0.127. The third-order valence-electron chi connectivity index (χ3n) is 2.34. The van der Waals surface area contributed by atoms with Gasteiger partial charge in [0.25, 0.3) is 0 Å². The van der Waals surface area contributed by atoms with Gasteiger partial charge in [-0.3, -0.25) is 4.79 Å². The fourth-order valence-corrected chi connectivity index (χ4v) is 1.45. The number of carbonyl (C=O) groups excluding carboxylic acids is 1. The molecule has 1 unspecified atom stereocenters. The van der Waals surface area contributed by atoms with Crippen LogP contribution in [0.1, 0.15) is 27.2 Å². The van der Waals surface area contributed by atoms with E-state index in [-0.39, 0.29) is 5.91 Å². The summed E-state index contributed by atoms with van der Waals surface area (Å²) in [5, 5.41) is 0. The van der Waals surface area contributed by atoms with Crippen LogP contribution in [0.2, 0.25) is 0 Å². The Morgan fingerprint density at radius 1 is 1.38 bits per heavy atom. The molecule has 1 atom stereocenters. The Balaban J connectivity index is 0.000000671. The third-order valence-corrected chi connectivity index (χ3v) is 2.34. The average Bonchev–Trinajstić information content (AvgIpc) is 2.56. The van der Waals surface area contributed by atoms with Crippen LogP contribution in [0.25, 0.3) is 0 Å². The molecule has 3 heteroatoms. The van der Waals surface area contributed by atoms with E-state index in [1.807, 2.05) is 18.7 Å². The summed E-state index contributed by atoms with van der Waals surface area (Å²) >= 11 is 0. The maximum atomic E-state index is 10.9. The summed E-state index contributed by atoms with van der Waals surface area (Å²) in [7, 11) is 4.13. The molecular weight excluding hydrogens is 164 g/mol. The third kappa shape index (κ3) is 3.77. The zero-order valence-electron chi connectivity index (χ0n) is 9.50. The van der Waals surface area contributed by atoms with E-state index < -0.39 is 0 Å². The van der Waals surface area contributed by atoms with Crippen LogP contribution < -0.4 is 0 Å². The van der Waals surface area contributed by atoms with Crippen molar-refractivity contribution >= 4 is 5.91 Å². The van der Waals surface area contributed by atoms with E-state index in [2.05, 4.69) is 19.0 Å². The molecule has 0 aromatic heterocycles. The zero-order chi connectivity index (χ0) is 10.4. The molecule has 1 saturated heterocycles. The molecule has 1 amide bonds. The van der Waals surface area contributed by atoms with E-state index in [1.165, 1.54) is 0 Å². The summed E-state index contributed by atoms with van der Waals surface area (Å²) in [4.78, 5) is 15.0. The first-order valence-corrected chi connectivity index (χ1v) is 5.03. The number of carbonyl (C=O) groups is 1. The van der Waals surface area contributed by atoms with Gasteiger partial charge in [0, 0.05) is 26.1 Å². The first-order valence-electron chi connectivity index (χ1n) is 5.03. The lowest BCUT2D eigenvalue weighted by Crippen LogP contribution is -2.33. The van der Waals surface area contributed by atoms with Gasteiger partial charge in [-0.05, 0) is 20.5 Å². The summed E-state index contributed by atoms with van der Waals surface area (Å²) in [6.07, 6.45) is 1.12. The number of nitrogens with zero attached hydrogens (tertiary/aromatic N) is 2. The number of hydrogen-bond acceptors (Lipinski definition) is 2. The van der Waals surface area contributed by atoms with Gasteiger partial charge in [-0.15, -0.1) is 0 Å². The van der Waals surface area contributed by atoms with Crippen molar-refractivity contribution < 1.29 is 4.79 Å². The molecule has 0 aromatic rings. The summed E-state index contributed by atoms with van der Waals surface area (Å²) in [5.74, 6) is 0.203. The lowest BCUT2D eigenvalue weighted by Gasteiger charge is -2.19. The molecule has 0 saturated carbocycles. The van der Waals surface area contributed by atoms with Crippen LogP contribution in [0.4, 0.5) is 0 Å². The van der Waals surface area contributed by atoms with Crippen molar-refractivity contribution in [2.75, 3.05) is 27.2 Å². The van der Waals surface area contributed by atoms with Crippen LogP contribution in [0, 0.1) is 0 Å². The van der Waals surface area contributed by atoms with Gasteiger partial charge in [0.1, 0.15) is 0 Å². The Morgan fingerprint density at radius 3 is 2.15 bits per heavy atom. The van der Waals surface area contributed by atoms with Crippen molar-refractivity contribution in [2.24, 2.45) is 0 Å². The van der Waals surface area contributed by atoms with Crippen molar-refractivity contribution in [1.29, 1.82) is 0 Å². The van der Waals surface area contributed by atoms with E-state index in [0.29, 0.717) is 6.04 Å². The highest BCUT2D eigenvalue weighted by Gasteiger charge is 2.24. The molecular formula is C10H22N2O. The highest BCUT2D eigenvalue weighted by molar-refractivity contribution is 5.73. The van der Waals surface area contributed by atoms with Crippen LogP contribution in [0.3, 0.4) is 0 Å². The standard InChI is InChI=1S/C8H16N2O.C2H6/c1-7(11)10-5-4-8(6-10)9(2)3;1-2/h8H,4-6H2,1-3H3;1-2H3.